The second-order valence-corrected chi connectivity index (χ2v) is 3.30. The van der Waals surface area contributed by atoms with Crippen molar-refractivity contribution in [1.29, 1.82) is 0 Å². The summed E-state index contributed by atoms with van der Waals surface area (Å²) in [4.78, 5) is 0. The quantitative estimate of drug-likeness (QED) is 0.593. The van der Waals surface area contributed by atoms with Crippen molar-refractivity contribution in [3.05, 3.63) is 23.8 Å². The zero-order chi connectivity index (χ0) is 8.39. The summed E-state index contributed by atoms with van der Waals surface area (Å²) in [6.07, 6.45) is 8.87. The zero-order valence-electron chi connectivity index (χ0n) is 7.32. The lowest BCUT2D eigenvalue weighted by atomic mass is 10.1. The first-order valence-electron chi connectivity index (χ1n) is 4.50. The lowest BCUT2D eigenvalue weighted by Crippen LogP contribution is -2.12. The van der Waals surface area contributed by atoms with E-state index < -0.39 is 0 Å². The molecule has 0 aromatic carbocycles. The second kappa shape index (κ2) is 3.42. The first kappa shape index (κ1) is 8.02. The topological polar surface area (TPSA) is 18.5 Å². The van der Waals surface area contributed by atoms with Gasteiger partial charge in [-0.2, -0.15) is 0 Å². The maximum Gasteiger partial charge on any atom is 0.184 e. The monoisotopic (exact) mass is 166 g/mol. The highest BCUT2D eigenvalue weighted by molar-refractivity contribution is 5.24. The molecule has 2 nitrogen and oxygen atoms in total. The van der Waals surface area contributed by atoms with Crippen molar-refractivity contribution in [2.75, 3.05) is 6.61 Å². The van der Waals surface area contributed by atoms with E-state index in [0.29, 0.717) is 0 Å². The van der Waals surface area contributed by atoms with E-state index in [4.69, 9.17) is 9.47 Å². The van der Waals surface area contributed by atoms with E-state index in [1.165, 1.54) is 5.57 Å². The number of hydrogen-bond donors (Lipinski definition) is 0. The summed E-state index contributed by atoms with van der Waals surface area (Å²) < 4.78 is 11.0. The molecule has 66 valence electrons. The van der Waals surface area contributed by atoms with Crippen LogP contribution in [0.3, 0.4) is 0 Å². The molecule has 0 aromatic heterocycles. The van der Waals surface area contributed by atoms with E-state index in [-0.39, 0.29) is 12.4 Å². The van der Waals surface area contributed by atoms with Crippen molar-refractivity contribution in [2.24, 2.45) is 0 Å². The molecule has 0 N–H and O–H groups in total. The van der Waals surface area contributed by atoms with E-state index in [9.17, 15) is 0 Å². The summed E-state index contributed by atoms with van der Waals surface area (Å²) in [5.41, 5.74) is 1.19. The summed E-state index contributed by atoms with van der Waals surface area (Å²) >= 11 is 0. The third-order valence-electron chi connectivity index (χ3n) is 2.13. The van der Waals surface area contributed by atoms with Crippen LogP contribution in [0, 0.1) is 0 Å². The molecular formula is C10H14O2. The van der Waals surface area contributed by atoms with Crippen molar-refractivity contribution in [2.45, 2.75) is 32.2 Å². The van der Waals surface area contributed by atoms with Crippen molar-refractivity contribution in [1.82, 2.24) is 0 Å². The first-order chi connectivity index (χ1) is 5.86. The lowest BCUT2D eigenvalue weighted by molar-refractivity contribution is -0.0229. The molecule has 1 fully saturated rings. The van der Waals surface area contributed by atoms with Crippen LogP contribution in [0.2, 0.25) is 0 Å². The Hall–Kier alpha value is -0.600. The Labute approximate surface area is 72.9 Å². The third kappa shape index (κ3) is 1.59. The van der Waals surface area contributed by atoms with Gasteiger partial charge < -0.3 is 9.47 Å². The fourth-order valence-electron chi connectivity index (χ4n) is 1.50. The van der Waals surface area contributed by atoms with Crippen molar-refractivity contribution in [3.63, 3.8) is 0 Å². The molecule has 2 heteroatoms. The van der Waals surface area contributed by atoms with Gasteiger partial charge in [0.05, 0.1) is 12.7 Å². The molecule has 2 unspecified atom stereocenters. The van der Waals surface area contributed by atoms with Gasteiger partial charge in [0.1, 0.15) is 0 Å². The predicted octanol–water partition coefficient (Wildman–Crippen LogP) is 2.02. The summed E-state index contributed by atoms with van der Waals surface area (Å²) in [6.45, 7) is 2.75. The number of ether oxygens (including phenoxy) is 2. The summed E-state index contributed by atoms with van der Waals surface area (Å²) in [7, 11) is 0. The molecule has 0 radical (unpaired) electrons. The molecule has 1 saturated heterocycles. The molecule has 0 bridgehead atoms. The van der Waals surface area contributed by atoms with Crippen LogP contribution < -0.4 is 0 Å². The van der Waals surface area contributed by atoms with Crippen molar-refractivity contribution < 1.29 is 9.47 Å². The molecule has 1 aliphatic heterocycles. The Kier molecular flexibility index (Phi) is 2.28. The third-order valence-corrected chi connectivity index (χ3v) is 2.13. The Balaban J connectivity index is 2.00. The smallest absolute Gasteiger partial charge is 0.184 e. The summed E-state index contributed by atoms with van der Waals surface area (Å²) in [5.74, 6) is 0. The van der Waals surface area contributed by atoms with Gasteiger partial charge in [0.15, 0.2) is 6.29 Å². The average molecular weight is 166 g/mol. The number of hydrogen-bond acceptors (Lipinski definition) is 2. The average Bonchev–Trinajstić information content (AvgIpc) is 2.54. The lowest BCUT2D eigenvalue weighted by Gasteiger charge is -2.13. The van der Waals surface area contributed by atoms with Gasteiger partial charge in [0, 0.05) is 5.57 Å². The Bertz CT molecular complexity index is 218. The molecule has 2 atom stereocenters. The normalized spacial score (nSPS) is 35.2. The molecule has 1 heterocycles. The summed E-state index contributed by atoms with van der Waals surface area (Å²) in [5, 5.41) is 0. The molecule has 12 heavy (non-hydrogen) atoms. The van der Waals surface area contributed by atoms with Crippen LogP contribution in [0.4, 0.5) is 0 Å². The minimum atomic E-state index is -0.100. The van der Waals surface area contributed by atoms with Gasteiger partial charge in [-0.1, -0.05) is 18.2 Å². The minimum absolute atomic E-state index is 0.100. The summed E-state index contributed by atoms with van der Waals surface area (Å²) in [6, 6.07) is 0. The van der Waals surface area contributed by atoms with Crippen LogP contribution in [0.1, 0.15) is 19.8 Å². The molecule has 1 aliphatic carbocycles. The van der Waals surface area contributed by atoms with E-state index >= 15 is 0 Å². The molecule has 2 aliphatic rings. The second-order valence-electron chi connectivity index (χ2n) is 3.30. The van der Waals surface area contributed by atoms with Gasteiger partial charge >= 0.3 is 0 Å². The van der Waals surface area contributed by atoms with Gasteiger partial charge in [-0.3, -0.25) is 0 Å². The van der Waals surface area contributed by atoms with Crippen LogP contribution in [0.15, 0.2) is 23.8 Å². The van der Waals surface area contributed by atoms with Crippen LogP contribution >= 0.6 is 0 Å². The standard InChI is InChI=1S/C10H14O2/c1-8-7-11-10(12-8)9-5-3-2-4-6-9/h3,5-6,8,10H,2,4,7H2,1H3. The van der Waals surface area contributed by atoms with Crippen molar-refractivity contribution >= 4 is 0 Å². The Morgan fingerprint density at radius 2 is 2.33 bits per heavy atom. The van der Waals surface area contributed by atoms with Crippen LogP contribution in [0.25, 0.3) is 0 Å². The molecule has 0 saturated carbocycles. The van der Waals surface area contributed by atoms with Crippen LogP contribution in [0.5, 0.6) is 0 Å². The largest absolute Gasteiger partial charge is 0.346 e. The maximum atomic E-state index is 5.56. The minimum Gasteiger partial charge on any atom is -0.346 e. The van der Waals surface area contributed by atoms with Crippen LogP contribution in [-0.4, -0.2) is 19.0 Å². The molecule has 0 amide bonds. The van der Waals surface area contributed by atoms with Gasteiger partial charge in [-0.05, 0) is 19.8 Å². The highest BCUT2D eigenvalue weighted by Crippen LogP contribution is 2.22. The zero-order valence-corrected chi connectivity index (χ0v) is 7.32. The van der Waals surface area contributed by atoms with E-state index in [1.807, 2.05) is 6.92 Å². The predicted molar refractivity (Wildman–Crippen MR) is 46.7 cm³/mol. The van der Waals surface area contributed by atoms with Gasteiger partial charge in [-0.25, -0.2) is 0 Å². The Morgan fingerprint density at radius 1 is 1.42 bits per heavy atom. The number of rotatable bonds is 1. The molecule has 0 spiro atoms. The van der Waals surface area contributed by atoms with Crippen molar-refractivity contribution in [3.8, 4) is 0 Å². The molecule has 0 aromatic rings. The fourth-order valence-corrected chi connectivity index (χ4v) is 1.50. The van der Waals surface area contributed by atoms with Gasteiger partial charge in [-0.15, -0.1) is 0 Å². The Morgan fingerprint density at radius 3 is 2.92 bits per heavy atom. The number of allylic oxidation sites excluding steroid dienone is 2. The molecule has 2 rings (SSSR count). The van der Waals surface area contributed by atoms with E-state index in [1.54, 1.807) is 0 Å². The molecular weight excluding hydrogens is 152 g/mol. The van der Waals surface area contributed by atoms with Gasteiger partial charge in [0.2, 0.25) is 0 Å². The van der Waals surface area contributed by atoms with E-state index in [0.717, 1.165) is 19.4 Å². The fraction of sp³-hybridized carbons (Fsp3) is 0.600. The SMILES string of the molecule is CC1COC(C2=CCCC=C2)O1. The maximum absolute atomic E-state index is 5.56. The van der Waals surface area contributed by atoms with Gasteiger partial charge in [0.25, 0.3) is 0 Å². The highest BCUT2D eigenvalue weighted by Gasteiger charge is 2.24. The van der Waals surface area contributed by atoms with E-state index in [2.05, 4.69) is 18.2 Å². The highest BCUT2D eigenvalue weighted by atomic mass is 16.7. The first-order valence-corrected chi connectivity index (χ1v) is 4.50. The van der Waals surface area contributed by atoms with Crippen LogP contribution in [-0.2, 0) is 9.47 Å².